The number of rotatable bonds is 4. The van der Waals surface area contributed by atoms with E-state index in [-0.39, 0.29) is 11.5 Å². The highest BCUT2D eigenvalue weighted by Crippen LogP contribution is 2.30. The van der Waals surface area contributed by atoms with Crippen LogP contribution in [0.4, 0.5) is 5.69 Å². The Labute approximate surface area is 159 Å². The number of nitrogens with one attached hydrogen (secondary N) is 2. The average Bonchev–Trinajstić information content (AvgIpc) is 3.28. The molecule has 10 heteroatoms. The van der Waals surface area contributed by atoms with Gasteiger partial charge in [0.2, 0.25) is 0 Å². The van der Waals surface area contributed by atoms with Crippen LogP contribution in [0.2, 0.25) is 0 Å². The molecular weight excluding hydrogens is 420 g/mol. The highest BCUT2D eigenvalue weighted by atomic mass is 79.9. The highest BCUT2D eigenvalue weighted by molar-refractivity contribution is 9.10. The summed E-state index contributed by atoms with van der Waals surface area (Å²) in [6.07, 6.45) is 0. The van der Waals surface area contributed by atoms with Crippen LogP contribution in [0.15, 0.2) is 54.7 Å². The van der Waals surface area contributed by atoms with E-state index >= 15 is 0 Å². The Kier molecular flexibility index (Phi) is 4.24. The number of aromatic nitrogens is 3. The quantitative estimate of drug-likeness (QED) is 0.509. The molecule has 9 nitrogen and oxygen atoms in total. The molecular formula is C17H11BrN4O5. The first kappa shape index (κ1) is 17.0. The Morgan fingerprint density at radius 3 is 2.78 bits per heavy atom. The van der Waals surface area contributed by atoms with Gasteiger partial charge in [-0.3, -0.25) is 14.3 Å². The van der Waals surface area contributed by atoms with Crippen LogP contribution in [0.5, 0.6) is 5.75 Å². The Morgan fingerprint density at radius 1 is 1.19 bits per heavy atom. The average molecular weight is 431 g/mol. The molecule has 0 saturated carbocycles. The molecule has 27 heavy (non-hydrogen) atoms. The fraction of sp³-hybridized carbons (Fsp3) is 0.0588. The summed E-state index contributed by atoms with van der Waals surface area (Å²) in [7, 11) is 1.54. The van der Waals surface area contributed by atoms with Crippen molar-refractivity contribution in [3.63, 3.8) is 0 Å². The molecule has 2 aromatic heterocycles. The van der Waals surface area contributed by atoms with Crippen LogP contribution in [0.3, 0.4) is 0 Å². The van der Waals surface area contributed by atoms with Gasteiger partial charge in [-0.1, -0.05) is 26.2 Å². The number of ether oxygens (including phenoxy) is 1. The van der Waals surface area contributed by atoms with Crippen LogP contribution >= 0.6 is 15.9 Å². The number of carbonyl (C=O) groups is 1. The Balaban J connectivity index is 1.71. The lowest BCUT2D eigenvalue weighted by Gasteiger charge is -2.08. The van der Waals surface area contributed by atoms with Crippen molar-refractivity contribution < 1.29 is 18.6 Å². The Morgan fingerprint density at radius 2 is 2.04 bits per heavy atom. The lowest BCUT2D eigenvalue weighted by Crippen LogP contribution is -2.13. The molecule has 0 aliphatic heterocycles. The molecule has 0 unspecified atom stereocenters. The maximum absolute atomic E-state index is 12.7. The summed E-state index contributed by atoms with van der Waals surface area (Å²) in [5.41, 5.74) is 1.43. The molecule has 1 amide bonds. The number of anilines is 1. The summed E-state index contributed by atoms with van der Waals surface area (Å²) < 4.78 is 15.6. The fourth-order valence-electron chi connectivity index (χ4n) is 2.56. The zero-order chi connectivity index (χ0) is 19.0. The first-order valence-corrected chi connectivity index (χ1v) is 8.45. The van der Waals surface area contributed by atoms with E-state index < -0.39 is 11.7 Å². The lowest BCUT2D eigenvalue weighted by atomic mass is 10.1. The number of hydrogen-bond acceptors (Lipinski definition) is 7. The molecule has 0 radical (unpaired) electrons. The molecule has 2 N–H and O–H groups in total. The van der Waals surface area contributed by atoms with Crippen LogP contribution in [-0.2, 0) is 0 Å². The van der Waals surface area contributed by atoms with Crippen molar-refractivity contribution in [3.05, 3.63) is 57.1 Å². The minimum Gasteiger partial charge on any atom is -0.497 e. The number of amides is 1. The third kappa shape index (κ3) is 3.22. The van der Waals surface area contributed by atoms with E-state index in [0.29, 0.717) is 28.0 Å². The van der Waals surface area contributed by atoms with E-state index in [2.05, 4.69) is 41.1 Å². The van der Waals surface area contributed by atoms with Gasteiger partial charge in [-0.05, 0) is 30.3 Å². The van der Waals surface area contributed by atoms with Gasteiger partial charge in [0, 0.05) is 16.1 Å². The molecule has 4 aromatic rings. The van der Waals surface area contributed by atoms with Gasteiger partial charge in [-0.25, -0.2) is 4.79 Å². The summed E-state index contributed by atoms with van der Waals surface area (Å²) in [5, 5.41) is 10.8. The van der Waals surface area contributed by atoms with E-state index in [1.165, 1.54) is 7.11 Å². The van der Waals surface area contributed by atoms with Gasteiger partial charge in [0.05, 0.1) is 18.2 Å². The Bertz CT molecular complexity index is 1210. The van der Waals surface area contributed by atoms with Crippen molar-refractivity contribution in [1.82, 2.24) is 15.3 Å². The minimum atomic E-state index is -0.696. The van der Waals surface area contributed by atoms with Crippen LogP contribution < -0.4 is 15.8 Å². The van der Waals surface area contributed by atoms with Crippen LogP contribution in [0.25, 0.3) is 22.4 Å². The van der Waals surface area contributed by atoms with Gasteiger partial charge in [0.15, 0.2) is 17.1 Å². The third-order valence-corrected chi connectivity index (χ3v) is 4.31. The van der Waals surface area contributed by atoms with Gasteiger partial charge in [0.1, 0.15) is 5.75 Å². The van der Waals surface area contributed by atoms with Gasteiger partial charge < -0.3 is 14.6 Å². The summed E-state index contributed by atoms with van der Waals surface area (Å²) >= 11 is 3.35. The number of benzene rings is 2. The standard InChI is InChI=1S/C17H11BrN4O5/c1-25-9-3-4-10-13(7-9)26-21-14(10)16(23)19-12-5-2-8(18)6-11(12)15-20-17(24)27-22-15/h2-7H,1H3,(H,19,23)(H,20,22,24). The van der Waals surface area contributed by atoms with Gasteiger partial charge >= 0.3 is 5.76 Å². The van der Waals surface area contributed by atoms with Crippen molar-refractivity contribution in [2.45, 2.75) is 0 Å². The van der Waals surface area contributed by atoms with E-state index in [1.807, 2.05) is 0 Å². The largest absolute Gasteiger partial charge is 0.497 e. The highest BCUT2D eigenvalue weighted by Gasteiger charge is 2.19. The minimum absolute atomic E-state index is 0.121. The number of halogens is 1. The number of nitrogens with zero attached hydrogens (tertiary/aromatic N) is 2. The zero-order valence-electron chi connectivity index (χ0n) is 13.8. The normalized spacial score (nSPS) is 10.9. The van der Waals surface area contributed by atoms with Gasteiger partial charge in [-0.15, -0.1) is 0 Å². The van der Waals surface area contributed by atoms with Crippen LogP contribution in [0, 0.1) is 0 Å². The molecule has 0 atom stereocenters. The van der Waals surface area contributed by atoms with Crippen LogP contribution in [0.1, 0.15) is 10.5 Å². The second-order valence-electron chi connectivity index (χ2n) is 5.48. The predicted octanol–water partition coefficient (Wildman–Crippen LogP) is 3.19. The van der Waals surface area contributed by atoms with Crippen molar-refractivity contribution in [1.29, 1.82) is 0 Å². The molecule has 0 fully saturated rings. The van der Waals surface area contributed by atoms with Crippen molar-refractivity contribution in [3.8, 4) is 17.1 Å². The molecule has 2 aromatic carbocycles. The van der Waals surface area contributed by atoms with E-state index in [0.717, 1.165) is 4.47 Å². The van der Waals surface area contributed by atoms with Gasteiger partial charge in [-0.2, -0.15) is 0 Å². The maximum Gasteiger partial charge on any atom is 0.439 e. The molecule has 0 aliphatic rings. The van der Waals surface area contributed by atoms with E-state index in [4.69, 9.17) is 9.26 Å². The topological polar surface area (TPSA) is 123 Å². The monoisotopic (exact) mass is 430 g/mol. The van der Waals surface area contributed by atoms with Crippen molar-refractivity contribution in [2.75, 3.05) is 12.4 Å². The smallest absolute Gasteiger partial charge is 0.439 e. The zero-order valence-corrected chi connectivity index (χ0v) is 15.4. The summed E-state index contributed by atoms with van der Waals surface area (Å²) in [6.45, 7) is 0. The van der Waals surface area contributed by atoms with E-state index in [1.54, 1.807) is 36.4 Å². The number of carbonyl (C=O) groups excluding carboxylic acids is 1. The molecule has 136 valence electrons. The van der Waals surface area contributed by atoms with Crippen LogP contribution in [-0.4, -0.2) is 28.3 Å². The fourth-order valence-corrected chi connectivity index (χ4v) is 2.92. The van der Waals surface area contributed by atoms with E-state index in [9.17, 15) is 9.59 Å². The molecule has 0 aliphatic carbocycles. The number of fused-ring (bicyclic) bond motifs is 1. The summed E-state index contributed by atoms with van der Waals surface area (Å²) in [4.78, 5) is 26.4. The maximum atomic E-state index is 12.7. The number of methoxy groups -OCH3 is 1. The second kappa shape index (κ2) is 6.72. The summed E-state index contributed by atoms with van der Waals surface area (Å²) in [5.74, 6) is -0.394. The van der Waals surface area contributed by atoms with Gasteiger partial charge in [0.25, 0.3) is 5.91 Å². The van der Waals surface area contributed by atoms with Crippen molar-refractivity contribution in [2.24, 2.45) is 0 Å². The summed E-state index contributed by atoms with van der Waals surface area (Å²) in [6, 6.07) is 10.1. The first-order chi connectivity index (χ1) is 13.0. The molecule has 0 saturated heterocycles. The molecule has 0 bridgehead atoms. The molecule has 4 rings (SSSR count). The first-order valence-electron chi connectivity index (χ1n) is 7.66. The number of hydrogen-bond donors (Lipinski definition) is 2. The molecule has 2 heterocycles. The lowest BCUT2D eigenvalue weighted by molar-refractivity contribution is 0.102. The predicted molar refractivity (Wildman–Crippen MR) is 98.8 cm³/mol. The molecule has 0 spiro atoms. The second-order valence-corrected chi connectivity index (χ2v) is 6.40. The third-order valence-electron chi connectivity index (χ3n) is 3.82. The SMILES string of the molecule is COc1ccc2c(C(=O)Nc3ccc(Br)cc3-c3noc(=O)[nH]3)noc2c1. The Hall–Kier alpha value is -3.40. The number of aromatic amines is 1. The number of H-pyrrole nitrogens is 1. The van der Waals surface area contributed by atoms with Crippen molar-refractivity contribution >= 4 is 38.5 Å².